The van der Waals surface area contributed by atoms with Crippen LogP contribution in [0.5, 0.6) is 5.75 Å². The molecule has 3 rings (SSSR count). The number of nitrogens with zero attached hydrogens (tertiary/aromatic N) is 2. The van der Waals surface area contributed by atoms with Crippen molar-refractivity contribution in [3.8, 4) is 5.75 Å². The molecule has 0 aliphatic carbocycles. The molecule has 1 aliphatic rings. The quantitative estimate of drug-likeness (QED) is 0.477. The Bertz CT molecular complexity index is 852. The van der Waals surface area contributed by atoms with E-state index >= 15 is 0 Å². The molecule has 0 spiro atoms. The van der Waals surface area contributed by atoms with Gasteiger partial charge in [-0.15, -0.1) is 0 Å². The minimum Gasteiger partial charge on any atom is -0.488 e. The van der Waals surface area contributed by atoms with Crippen LogP contribution in [0.25, 0.3) is 0 Å². The molecule has 3 nitrogen and oxygen atoms in total. The van der Waals surface area contributed by atoms with Gasteiger partial charge in [0.15, 0.2) is 23.2 Å². The van der Waals surface area contributed by atoms with Crippen LogP contribution < -0.4 is 9.64 Å². The second kappa shape index (κ2) is 9.13. The molecular formula is C22H25F3N2O. The molecule has 0 unspecified atom stereocenters. The van der Waals surface area contributed by atoms with Crippen molar-refractivity contribution in [3.63, 3.8) is 0 Å². The van der Waals surface area contributed by atoms with Crippen LogP contribution in [0.15, 0.2) is 35.3 Å². The summed E-state index contributed by atoms with van der Waals surface area (Å²) in [4.78, 5) is 5.81. The lowest BCUT2D eigenvalue weighted by Gasteiger charge is -2.29. The first-order valence-electron chi connectivity index (χ1n) is 9.67. The number of rotatable bonds is 8. The average Bonchev–Trinajstić information content (AvgIpc) is 2.66. The first kappa shape index (κ1) is 20.2. The topological polar surface area (TPSA) is 24.8 Å². The largest absolute Gasteiger partial charge is 0.488 e. The van der Waals surface area contributed by atoms with Crippen LogP contribution in [-0.2, 0) is 0 Å². The molecule has 1 aliphatic heterocycles. The van der Waals surface area contributed by atoms with Gasteiger partial charge in [-0.2, -0.15) is 0 Å². The number of hydrogen-bond donors (Lipinski definition) is 0. The molecule has 0 N–H and O–H groups in total. The first-order valence-corrected chi connectivity index (χ1v) is 9.67. The third kappa shape index (κ3) is 4.66. The van der Waals surface area contributed by atoms with Gasteiger partial charge in [0.2, 0.25) is 0 Å². The molecule has 150 valence electrons. The van der Waals surface area contributed by atoms with Crippen LogP contribution in [0.4, 0.5) is 30.2 Å². The second-order valence-electron chi connectivity index (χ2n) is 7.36. The molecule has 1 heterocycles. The Labute approximate surface area is 163 Å². The Morgan fingerprint density at radius 3 is 2.57 bits per heavy atom. The summed E-state index contributed by atoms with van der Waals surface area (Å²) in [5, 5.41) is 0. The fourth-order valence-corrected chi connectivity index (χ4v) is 3.25. The van der Waals surface area contributed by atoms with E-state index in [-0.39, 0.29) is 5.75 Å². The molecule has 0 amide bonds. The molecule has 2 aromatic rings. The predicted molar refractivity (Wildman–Crippen MR) is 107 cm³/mol. The highest BCUT2D eigenvalue weighted by Gasteiger charge is 2.23. The number of anilines is 2. The summed E-state index contributed by atoms with van der Waals surface area (Å²) in [6.07, 6.45) is 5.72. The molecule has 0 atom stereocenters. The number of ether oxygens (including phenoxy) is 1. The van der Waals surface area contributed by atoms with E-state index in [1.807, 2.05) is 0 Å². The van der Waals surface area contributed by atoms with Gasteiger partial charge in [0.05, 0.1) is 30.2 Å². The summed E-state index contributed by atoms with van der Waals surface area (Å²) in [5.41, 5.74) is 1.16. The predicted octanol–water partition coefficient (Wildman–Crippen LogP) is 6.55. The van der Waals surface area contributed by atoms with Gasteiger partial charge in [-0.1, -0.05) is 39.2 Å². The molecule has 0 fully saturated rings. The minimum atomic E-state index is -0.968. The number of halogens is 3. The van der Waals surface area contributed by atoms with Crippen molar-refractivity contribution in [2.24, 2.45) is 10.9 Å². The molecule has 0 radical (unpaired) electrons. The first-order chi connectivity index (χ1) is 13.5. The van der Waals surface area contributed by atoms with Crippen LogP contribution in [0.3, 0.4) is 0 Å². The van der Waals surface area contributed by atoms with E-state index in [0.717, 1.165) is 37.8 Å². The third-order valence-electron chi connectivity index (χ3n) is 4.71. The lowest BCUT2D eigenvalue weighted by Crippen LogP contribution is -2.23. The van der Waals surface area contributed by atoms with Gasteiger partial charge in [0.1, 0.15) is 0 Å². The molecule has 0 saturated heterocycles. The molecule has 0 saturated carbocycles. The van der Waals surface area contributed by atoms with Gasteiger partial charge in [-0.3, -0.25) is 4.99 Å². The van der Waals surface area contributed by atoms with Gasteiger partial charge in [0, 0.05) is 18.3 Å². The van der Waals surface area contributed by atoms with Crippen molar-refractivity contribution >= 4 is 23.3 Å². The van der Waals surface area contributed by atoms with Crippen molar-refractivity contribution in [2.45, 2.75) is 39.5 Å². The zero-order valence-corrected chi connectivity index (χ0v) is 16.2. The number of benzene rings is 2. The van der Waals surface area contributed by atoms with E-state index in [4.69, 9.17) is 4.74 Å². The summed E-state index contributed by atoms with van der Waals surface area (Å²) < 4.78 is 47.6. The summed E-state index contributed by atoms with van der Waals surface area (Å²) in [5.74, 6) is -1.62. The Hall–Kier alpha value is -2.50. The van der Waals surface area contributed by atoms with E-state index in [0.29, 0.717) is 36.1 Å². The van der Waals surface area contributed by atoms with Crippen LogP contribution in [0.1, 0.15) is 39.5 Å². The van der Waals surface area contributed by atoms with E-state index in [9.17, 15) is 13.2 Å². The fraction of sp³-hybridized carbons (Fsp3) is 0.409. The number of unbranched alkanes of at least 4 members (excludes halogenated alkanes) is 2. The van der Waals surface area contributed by atoms with Gasteiger partial charge in [0.25, 0.3) is 0 Å². The maximum Gasteiger partial charge on any atom is 0.178 e. The summed E-state index contributed by atoms with van der Waals surface area (Å²) in [6, 6.07) is 6.75. The molecule has 6 heteroatoms. The second-order valence-corrected chi connectivity index (χ2v) is 7.36. The number of hydrogen-bond acceptors (Lipinski definition) is 3. The van der Waals surface area contributed by atoms with Crippen molar-refractivity contribution in [1.29, 1.82) is 0 Å². The van der Waals surface area contributed by atoms with Crippen LogP contribution in [0, 0.1) is 23.4 Å². The zero-order valence-electron chi connectivity index (χ0n) is 16.2. The van der Waals surface area contributed by atoms with Gasteiger partial charge in [-0.25, -0.2) is 13.2 Å². The van der Waals surface area contributed by atoms with Crippen LogP contribution in [-0.4, -0.2) is 19.4 Å². The lowest BCUT2D eigenvalue weighted by molar-refractivity contribution is 0.290. The molecule has 28 heavy (non-hydrogen) atoms. The van der Waals surface area contributed by atoms with E-state index in [1.54, 1.807) is 23.2 Å². The Kier molecular flexibility index (Phi) is 6.60. The molecule has 0 bridgehead atoms. The standard InChI is InChI=1S/C22H25F3N2O/c1-15(2)7-4-3-5-12-28-22-16(23)8-6-9-20(22)27-11-10-26-19-13-17(24)18(25)14-21(19)27/h6,8-10,13-15H,3-5,7,11-12H2,1-2H3. The zero-order chi connectivity index (χ0) is 20.1. The Morgan fingerprint density at radius 2 is 1.79 bits per heavy atom. The number of aliphatic imine (C=N–C) groups is 1. The monoisotopic (exact) mass is 390 g/mol. The highest BCUT2D eigenvalue weighted by Crippen LogP contribution is 2.42. The number of para-hydroxylation sites is 1. The highest BCUT2D eigenvalue weighted by molar-refractivity contribution is 5.88. The van der Waals surface area contributed by atoms with Gasteiger partial charge in [-0.05, 0) is 24.5 Å². The maximum absolute atomic E-state index is 14.5. The maximum atomic E-state index is 14.5. The minimum absolute atomic E-state index is 0.123. The third-order valence-corrected chi connectivity index (χ3v) is 4.71. The smallest absolute Gasteiger partial charge is 0.178 e. The summed E-state index contributed by atoms with van der Waals surface area (Å²) in [7, 11) is 0. The van der Waals surface area contributed by atoms with Crippen molar-refractivity contribution in [3.05, 3.63) is 47.8 Å². The molecule has 2 aromatic carbocycles. The fourth-order valence-electron chi connectivity index (χ4n) is 3.25. The normalized spacial score (nSPS) is 13.1. The van der Waals surface area contributed by atoms with Gasteiger partial charge >= 0.3 is 0 Å². The number of fused-ring (bicyclic) bond motifs is 1. The van der Waals surface area contributed by atoms with Crippen LogP contribution in [0.2, 0.25) is 0 Å². The van der Waals surface area contributed by atoms with E-state index in [2.05, 4.69) is 18.8 Å². The highest BCUT2D eigenvalue weighted by atomic mass is 19.2. The van der Waals surface area contributed by atoms with Crippen LogP contribution >= 0.6 is 0 Å². The molecule has 0 aromatic heterocycles. The average molecular weight is 390 g/mol. The molecular weight excluding hydrogens is 365 g/mol. The summed E-state index contributed by atoms with van der Waals surface area (Å²) >= 11 is 0. The van der Waals surface area contributed by atoms with E-state index < -0.39 is 17.5 Å². The van der Waals surface area contributed by atoms with E-state index in [1.165, 1.54) is 6.07 Å². The van der Waals surface area contributed by atoms with Crippen molar-refractivity contribution in [2.75, 3.05) is 18.1 Å². The van der Waals surface area contributed by atoms with Crippen molar-refractivity contribution < 1.29 is 17.9 Å². The van der Waals surface area contributed by atoms with Crippen molar-refractivity contribution in [1.82, 2.24) is 0 Å². The lowest BCUT2D eigenvalue weighted by atomic mass is 10.1. The van der Waals surface area contributed by atoms with Gasteiger partial charge < -0.3 is 9.64 Å². The Balaban J connectivity index is 1.78. The summed E-state index contributed by atoms with van der Waals surface area (Å²) in [6.45, 7) is 5.10. The Morgan fingerprint density at radius 1 is 1.00 bits per heavy atom. The SMILES string of the molecule is CC(C)CCCCCOc1c(F)cccc1N1CC=Nc2cc(F)c(F)cc21.